The van der Waals surface area contributed by atoms with Crippen molar-refractivity contribution in [3.63, 3.8) is 0 Å². The molecule has 0 spiro atoms. The van der Waals surface area contributed by atoms with Crippen LogP contribution < -0.4 is 9.62 Å². The zero-order valence-electron chi connectivity index (χ0n) is 12.3. The Balaban J connectivity index is 2.28. The molecule has 0 aliphatic heterocycles. The maximum Gasteiger partial charge on any atom is 0.336 e. The minimum atomic E-state index is -0.381. The van der Waals surface area contributed by atoms with Gasteiger partial charge in [0.1, 0.15) is 0 Å². The van der Waals surface area contributed by atoms with Crippen LogP contribution in [0, 0.1) is 20.8 Å². The van der Waals surface area contributed by atoms with Crippen molar-refractivity contribution in [2.24, 2.45) is 7.05 Å². The Labute approximate surface area is 134 Å². The van der Waals surface area contributed by atoms with Crippen LogP contribution in [0.2, 0.25) is 5.02 Å². The summed E-state index contributed by atoms with van der Waals surface area (Å²) in [6.07, 6.45) is 0. The van der Waals surface area contributed by atoms with Gasteiger partial charge in [-0.25, -0.2) is 9.10 Å². The van der Waals surface area contributed by atoms with E-state index in [1.807, 2.05) is 40.0 Å². The number of rotatable bonds is 2. The average Bonchev–Trinajstić information content (AvgIpc) is 2.65. The van der Waals surface area contributed by atoms with Gasteiger partial charge >= 0.3 is 6.03 Å². The summed E-state index contributed by atoms with van der Waals surface area (Å²) in [6.45, 7) is 5.60. The summed E-state index contributed by atoms with van der Waals surface area (Å²) in [6, 6.07) is 5.05. The lowest BCUT2D eigenvalue weighted by Crippen LogP contribution is -2.28. The van der Waals surface area contributed by atoms with Crippen molar-refractivity contribution < 1.29 is 4.79 Å². The molecule has 5 nitrogen and oxygen atoms in total. The molecule has 2 aromatic rings. The molecule has 0 aliphatic carbocycles. The number of hydrogen-bond donors (Lipinski definition) is 2. The molecule has 0 fully saturated rings. The van der Waals surface area contributed by atoms with Crippen LogP contribution in [0.5, 0.6) is 0 Å². The molecular weight excluding hydrogens is 308 g/mol. The van der Waals surface area contributed by atoms with Gasteiger partial charge in [-0.3, -0.25) is 4.68 Å². The smallest absolute Gasteiger partial charge is 0.303 e. The largest absolute Gasteiger partial charge is 0.336 e. The number of nitrogens with one attached hydrogen (secondary N) is 1. The van der Waals surface area contributed by atoms with Crippen LogP contribution in [0.3, 0.4) is 0 Å². The summed E-state index contributed by atoms with van der Waals surface area (Å²) in [5, 5.41) is 7.56. The summed E-state index contributed by atoms with van der Waals surface area (Å²) in [4.78, 5) is 12.4. The second kappa shape index (κ2) is 5.99. The van der Waals surface area contributed by atoms with E-state index in [1.54, 1.807) is 10.7 Å². The molecule has 0 radical (unpaired) electrons. The summed E-state index contributed by atoms with van der Waals surface area (Å²) < 4.78 is 2.93. The Bertz CT molecular complexity index is 678. The highest BCUT2D eigenvalue weighted by atomic mass is 35.5. The first-order chi connectivity index (χ1) is 9.82. The molecule has 0 unspecified atom stereocenters. The Kier molecular flexibility index (Phi) is 4.49. The molecule has 112 valence electrons. The van der Waals surface area contributed by atoms with Gasteiger partial charge in [-0.05, 0) is 32.4 Å². The van der Waals surface area contributed by atoms with Gasteiger partial charge in [-0.15, -0.1) is 0 Å². The molecule has 1 heterocycles. The van der Waals surface area contributed by atoms with E-state index in [0.29, 0.717) is 16.4 Å². The van der Waals surface area contributed by atoms with E-state index in [2.05, 4.69) is 23.2 Å². The van der Waals surface area contributed by atoms with Crippen molar-refractivity contribution in [2.45, 2.75) is 20.8 Å². The second-order valence-corrected chi connectivity index (χ2v) is 5.62. The highest BCUT2D eigenvalue weighted by molar-refractivity contribution is 7.82. The van der Waals surface area contributed by atoms with Gasteiger partial charge in [0.2, 0.25) is 0 Å². The molecule has 0 saturated heterocycles. The molecule has 0 saturated carbocycles. The molecule has 0 atom stereocenters. The number of aromatic nitrogens is 2. The maximum absolute atomic E-state index is 12.4. The van der Waals surface area contributed by atoms with Crippen LogP contribution in [0.25, 0.3) is 0 Å². The molecular formula is C14H17ClN4OS. The zero-order valence-corrected chi connectivity index (χ0v) is 14.0. The Hall–Kier alpha value is -1.66. The summed E-state index contributed by atoms with van der Waals surface area (Å²) >= 11 is 10.4. The van der Waals surface area contributed by atoms with E-state index in [0.717, 1.165) is 17.0 Å². The number of nitrogens with zero attached hydrogens (tertiary/aromatic N) is 3. The number of carbonyl (C=O) groups excluding carboxylic acids is 1. The van der Waals surface area contributed by atoms with Gasteiger partial charge < -0.3 is 5.32 Å². The van der Waals surface area contributed by atoms with Crippen molar-refractivity contribution in [2.75, 3.05) is 9.62 Å². The van der Waals surface area contributed by atoms with Crippen LogP contribution in [0.4, 0.5) is 16.2 Å². The quantitative estimate of drug-likeness (QED) is 0.824. The fourth-order valence-electron chi connectivity index (χ4n) is 2.11. The molecule has 1 aromatic carbocycles. The van der Waals surface area contributed by atoms with Crippen LogP contribution >= 0.6 is 24.4 Å². The van der Waals surface area contributed by atoms with E-state index in [4.69, 9.17) is 11.6 Å². The van der Waals surface area contributed by atoms with Crippen molar-refractivity contribution in [1.29, 1.82) is 0 Å². The normalized spacial score (nSPS) is 10.6. The molecule has 21 heavy (non-hydrogen) atoms. The van der Waals surface area contributed by atoms with Gasteiger partial charge in [-0.2, -0.15) is 5.10 Å². The molecule has 0 bridgehead atoms. The van der Waals surface area contributed by atoms with Gasteiger partial charge in [0.25, 0.3) is 0 Å². The highest BCUT2D eigenvalue weighted by Gasteiger charge is 2.20. The number of para-hydroxylation sites is 1. The van der Waals surface area contributed by atoms with Crippen molar-refractivity contribution in [3.05, 3.63) is 40.2 Å². The zero-order chi connectivity index (χ0) is 15.7. The number of anilines is 2. The monoisotopic (exact) mass is 324 g/mol. The minimum Gasteiger partial charge on any atom is -0.303 e. The third kappa shape index (κ3) is 3.01. The lowest BCUT2D eigenvalue weighted by Gasteiger charge is -2.20. The van der Waals surface area contributed by atoms with Crippen LogP contribution in [0.15, 0.2) is 18.2 Å². The average molecular weight is 325 g/mol. The number of aryl methyl sites for hydroxylation is 3. The Morgan fingerprint density at radius 2 is 2.05 bits per heavy atom. The fraction of sp³-hybridized carbons (Fsp3) is 0.286. The van der Waals surface area contributed by atoms with Gasteiger partial charge in [0, 0.05) is 7.05 Å². The minimum absolute atomic E-state index is 0.381. The van der Waals surface area contributed by atoms with E-state index >= 15 is 0 Å². The van der Waals surface area contributed by atoms with Crippen molar-refractivity contribution in [1.82, 2.24) is 9.78 Å². The van der Waals surface area contributed by atoms with Crippen LogP contribution in [-0.4, -0.2) is 15.8 Å². The third-order valence-electron chi connectivity index (χ3n) is 3.33. The molecule has 1 N–H and O–H groups in total. The molecule has 2 rings (SSSR count). The number of hydrogen-bond acceptors (Lipinski definition) is 3. The number of urea groups is 1. The number of halogens is 1. The van der Waals surface area contributed by atoms with Crippen molar-refractivity contribution in [3.8, 4) is 0 Å². The summed E-state index contributed by atoms with van der Waals surface area (Å²) in [5.74, 6) is 0. The van der Waals surface area contributed by atoms with E-state index in [-0.39, 0.29) is 6.03 Å². The molecule has 2 amide bonds. The number of carbonyl (C=O) groups is 1. The second-order valence-electron chi connectivity index (χ2n) is 4.82. The van der Waals surface area contributed by atoms with Crippen LogP contribution in [-0.2, 0) is 7.05 Å². The number of thiol groups is 1. The first kappa shape index (κ1) is 15.7. The predicted molar refractivity (Wildman–Crippen MR) is 89.4 cm³/mol. The van der Waals surface area contributed by atoms with E-state index in [1.165, 1.54) is 4.31 Å². The molecule has 0 aliphatic rings. The highest BCUT2D eigenvalue weighted by Crippen LogP contribution is 2.31. The van der Waals surface area contributed by atoms with Crippen molar-refractivity contribution >= 4 is 41.8 Å². The third-order valence-corrected chi connectivity index (χ3v) is 4.02. The Morgan fingerprint density at radius 1 is 1.38 bits per heavy atom. The lowest BCUT2D eigenvalue weighted by atomic mass is 10.2. The fourth-order valence-corrected chi connectivity index (χ4v) is 2.79. The first-order valence-electron chi connectivity index (χ1n) is 6.38. The standard InChI is InChI=1S/C14H17ClN4OS/c1-8-6-5-7-11(15)13(8)19(21)14(20)16-12-9(2)17-18(4)10(12)3/h5-7,21H,1-4H3,(H,16,20). The molecule has 7 heteroatoms. The number of benzene rings is 1. The van der Waals surface area contributed by atoms with Crippen LogP contribution in [0.1, 0.15) is 17.0 Å². The first-order valence-corrected chi connectivity index (χ1v) is 7.16. The lowest BCUT2D eigenvalue weighted by molar-refractivity contribution is 0.260. The maximum atomic E-state index is 12.4. The summed E-state index contributed by atoms with van der Waals surface area (Å²) in [7, 11) is 1.83. The van der Waals surface area contributed by atoms with Gasteiger partial charge in [0.05, 0.1) is 27.8 Å². The molecule has 1 aromatic heterocycles. The van der Waals surface area contributed by atoms with E-state index < -0.39 is 0 Å². The summed E-state index contributed by atoms with van der Waals surface area (Å²) in [5.41, 5.74) is 3.75. The topological polar surface area (TPSA) is 50.2 Å². The number of amides is 2. The Morgan fingerprint density at radius 3 is 2.57 bits per heavy atom. The SMILES string of the molecule is Cc1cccc(Cl)c1N(S)C(=O)Nc1c(C)nn(C)c1C. The van der Waals surface area contributed by atoms with Gasteiger partial charge in [0.15, 0.2) is 0 Å². The van der Waals surface area contributed by atoms with Gasteiger partial charge in [-0.1, -0.05) is 36.5 Å². The van der Waals surface area contributed by atoms with E-state index in [9.17, 15) is 4.79 Å². The predicted octanol–water partition coefficient (Wildman–Crippen LogP) is 3.88.